The van der Waals surface area contributed by atoms with Gasteiger partial charge in [-0.05, 0) is 42.0 Å². The van der Waals surface area contributed by atoms with E-state index in [9.17, 15) is 8.42 Å². The van der Waals surface area contributed by atoms with Crippen molar-refractivity contribution in [3.8, 4) is 17.2 Å². The molecule has 28 heavy (non-hydrogen) atoms. The van der Waals surface area contributed by atoms with Crippen LogP contribution in [0.4, 0.5) is 5.69 Å². The van der Waals surface area contributed by atoms with Crippen LogP contribution in [0.2, 0.25) is 0 Å². The predicted octanol–water partition coefficient (Wildman–Crippen LogP) is 2.20. The third kappa shape index (κ3) is 3.68. The van der Waals surface area contributed by atoms with Crippen molar-refractivity contribution in [3.05, 3.63) is 42.0 Å². The van der Waals surface area contributed by atoms with Crippen LogP contribution in [0.25, 0.3) is 0 Å². The Hall–Kier alpha value is -2.62. The summed E-state index contributed by atoms with van der Waals surface area (Å²) in [5, 5.41) is 0. The lowest BCUT2D eigenvalue weighted by Gasteiger charge is -2.26. The maximum absolute atomic E-state index is 12.9. The number of aliphatic imine (C=N–C) groups is 1. The molecular weight excluding hydrogens is 384 g/mol. The zero-order chi connectivity index (χ0) is 19.6. The molecule has 2 heterocycles. The Bertz CT molecular complexity index is 999. The number of rotatable bonds is 5. The smallest absolute Gasteiger partial charge is 0.243 e. The molecule has 2 aromatic rings. The van der Waals surface area contributed by atoms with Crippen LogP contribution in [0.3, 0.4) is 0 Å². The summed E-state index contributed by atoms with van der Waals surface area (Å²) in [4.78, 5) is 4.61. The van der Waals surface area contributed by atoms with E-state index in [2.05, 4.69) is 4.99 Å². The van der Waals surface area contributed by atoms with Crippen LogP contribution in [0.15, 0.2) is 46.3 Å². The number of benzene rings is 2. The van der Waals surface area contributed by atoms with Gasteiger partial charge in [0.25, 0.3) is 0 Å². The molecule has 0 aromatic heterocycles. The van der Waals surface area contributed by atoms with E-state index in [4.69, 9.17) is 18.9 Å². The van der Waals surface area contributed by atoms with Gasteiger partial charge in [0.05, 0.1) is 25.2 Å². The molecular formula is C19H20N2O6S. The standard InChI is InChI=1S/C19H20N2O6S/c1-24-17-5-3-15(28(22,23)21-6-8-25-9-7-21)11-16(17)20-12-14-2-4-18-19(10-14)27-13-26-18/h2-5,10-12H,6-9,13H2,1H3. The van der Waals surface area contributed by atoms with Crippen molar-refractivity contribution >= 4 is 21.9 Å². The molecule has 0 aliphatic carbocycles. The Kier molecular flexibility index (Phi) is 5.21. The van der Waals surface area contributed by atoms with E-state index in [-0.39, 0.29) is 11.7 Å². The van der Waals surface area contributed by atoms with Gasteiger partial charge in [-0.15, -0.1) is 0 Å². The summed E-state index contributed by atoms with van der Waals surface area (Å²) in [5.41, 5.74) is 1.22. The maximum atomic E-state index is 12.9. The number of methoxy groups -OCH3 is 1. The van der Waals surface area contributed by atoms with E-state index in [1.807, 2.05) is 12.1 Å². The van der Waals surface area contributed by atoms with Crippen LogP contribution in [0.5, 0.6) is 17.2 Å². The van der Waals surface area contributed by atoms with Gasteiger partial charge in [0.1, 0.15) is 11.4 Å². The largest absolute Gasteiger partial charge is 0.494 e. The Balaban J connectivity index is 1.63. The minimum atomic E-state index is -3.61. The minimum Gasteiger partial charge on any atom is -0.494 e. The Labute approximate surface area is 163 Å². The molecule has 148 valence electrons. The fourth-order valence-electron chi connectivity index (χ4n) is 3.00. The van der Waals surface area contributed by atoms with E-state index in [0.717, 1.165) is 5.56 Å². The minimum absolute atomic E-state index is 0.174. The van der Waals surface area contributed by atoms with Crippen molar-refractivity contribution in [1.29, 1.82) is 0 Å². The predicted molar refractivity (Wildman–Crippen MR) is 102 cm³/mol. The summed E-state index contributed by atoms with van der Waals surface area (Å²) >= 11 is 0. The zero-order valence-corrected chi connectivity index (χ0v) is 16.1. The number of hydrogen-bond acceptors (Lipinski definition) is 7. The van der Waals surface area contributed by atoms with Crippen LogP contribution in [0, 0.1) is 0 Å². The molecule has 1 fully saturated rings. The van der Waals surface area contributed by atoms with Gasteiger partial charge >= 0.3 is 0 Å². The number of ether oxygens (including phenoxy) is 4. The first kappa shape index (κ1) is 18.7. The fourth-order valence-corrected chi connectivity index (χ4v) is 4.43. The van der Waals surface area contributed by atoms with E-state index < -0.39 is 10.0 Å². The third-order valence-corrected chi connectivity index (χ3v) is 6.40. The number of hydrogen-bond donors (Lipinski definition) is 0. The van der Waals surface area contributed by atoms with Gasteiger partial charge in [-0.1, -0.05) is 0 Å². The third-order valence-electron chi connectivity index (χ3n) is 4.51. The summed E-state index contributed by atoms with van der Waals surface area (Å²) in [5.74, 6) is 1.82. The van der Waals surface area contributed by atoms with Crippen molar-refractivity contribution < 1.29 is 27.4 Å². The number of nitrogens with zero attached hydrogens (tertiary/aromatic N) is 2. The van der Waals surface area contributed by atoms with E-state index in [1.165, 1.54) is 23.5 Å². The van der Waals surface area contributed by atoms with Gasteiger partial charge in [0.15, 0.2) is 11.5 Å². The lowest BCUT2D eigenvalue weighted by Crippen LogP contribution is -2.40. The number of sulfonamides is 1. The van der Waals surface area contributed by atoms with Crippen molar-refractivity contribution in [3.63, 3.8) is 0 Å². The average molecular weight is 404 g/mol. The molecule has 1 saturated heterocycles. The van der Waals surface area contributed by atoms with Gasteiger partial charge in [0, 0.05) is 19.3 Å². The first-order valence-corrected chi connectivity index (χ1v) is 10.2. The lowest BCUT2D eigenvalue weighted by atomic mass is 10.2. The average Bonchev–Trinajstić information content (AvgIpc) is 3.20. The normalized spacial score (nSPS) is 17.2. The first-order chi connectivity index (χ1) is 13.6. The SMILES string of the molecule is COc1ccc(S(=O)(=O)N2CCOCC2)cc1N=Cc1ccc2c(c1)OCO2. The van der Waals surface area contributed by atoms with Crippen molar-refractivity contribution in [2.45, 2.75) is 4.90 Å². The maximum Gasteiger partial charge on any atom is 0.243 e. The Morgan fingerprint density at radius 2 is 1.86 bits per heavy atom. The van der Waals surface area contributed by atoms with Crippen LogP contribution < -0.4 is 14.2 Å². The molecule has 0 unspecified atom stereocenters. The Morgan fingerprint density at radius 3 is 2.64 bits per heavy atom. The van der Waals surface area contributed by atoms with Gasteiger partial charge in [0.2, 0.25) is 16.8 Å². The second kappa shape index (κ2) is 7.78. The number of fused-ring (bicyclic) bond motifs is 1. The highest BCUT2D eigenvalue weighted by molar-refractivity contribution is 7.89. The van der Waals surface area contributed by atoms with E-state index in [1.54, 1.807) is 18.3 Å². The lowest BCUT2D eigenvalue weighted by molar-refractivity contribution is 0.0730. The highest BCUT2D eigenvalue weighted by Crippen LogP contribution is 2.34. The highest BCUT2D eigenvalue weighted by Gasteiger charge is 2.27. The van der Waals surface area contributed by atoms with E-state index >= 15 is 0 Å². The quantitative estimate of drug-likeness (QED) is 0.710. The summed E-state index contributed by atoms with van der Waals surface area (Å²) in [6, 6.07) is 10.1. The zero-order valence-electron chi connectivity index (χ0n) is 15.3. The summed E-state index contributed by atoms with van der Waals surface area (Å²) in [6.07, 6.45) is 1.63. The van der Waals surface area contributed by atoms with Crippen LogP contribution >= 0.6 is 0 Å². The highest BCUT2D eigenvalue weighted by atomic mass is 32.2. The number of morpholine rings is 1. The summed E-state index contributed by atoms with van der Waals surface area (Å²) in [6.45, 7) is 1.66. The molecule has 8 nitrogen and oxygen atoms in total. The van der Waals surface area contributed by atoms with Gasteiger partial charge < -0.3 is 18.9 Å². The van der Waals surface area contributed by atoms with Crippen LogP contribution in [-0.2, 0) is 14.8 Å². The molecule has 9 heteroatoms. The molecule has 2 aliphatic rings. The van der Waals surface area contributed by atoms with Gasteiger partial charge in [-0.25, -0.2) is 8.42 Å². The second-order valence-corrected chi connectivity index (χ2v) is 8.16. The summed E-state index contributed by atoms with van der Waals surface area (Å²) < 4.78 is 48.4. The molecule has 0 atom stereocenters. The molecule has 0 saturated carbocycles. The topological polar surface area (TPSA) is 86.7 Å². The first-order valence-electron chi connectivity index (χ1n) is 8.77. The molecule has 0 N–H and O–H groups in total. The van der Waals surface area contributed by atoms with Crippen LogP contribution in [0.1, 0.15) is 5.56 Å². The molecule has 2 aliphatic heterocycles. The van der Waals surface area contributed by atoms with Crippen molar-refractivity contribution in [2.24, 2.45) is 4.99 Å². The summed E-state index contributed by atoms with van der Waals surface area (Å²) in [7, 11) is -2.09. The molecule has 0 amide bonds. The molecule has 0 spiro atoms. The monoisotopic (exact) mass is 404 g/mol. The molecule has 0 bridgehead atoms. The van der Waals surface area contributed by atoms with Crippen molar-refractivity contribution in [2.75, 3.05) is 40.2 Å². The van der Waals surface area contributed by atoms with Crippen molar-refractivity contribution in [1.82, 2.24) is 4.31 Å². The fraction of sp³-hybridized carbons (Fsp3) is 0.316. The molecule has 2 aromatic carbocycles. The van der Waals surface area contributed by atoms with Gasteiger partial charge in [-0.2, -0.15) is 4.31 Å². The molecule has 0 radical (unpaired) electrons. The second-order valence-electron chi connectivity index (χ2n) is 6.22. The van der Waals surface area contributed by atoms with E-state index in [0.29, 0.717) is 49.2 Å². The molecule has 4 rings (SSSR count). The van der Waals surface area contributed by atoms with Gasteiger partial charge in [-0.3, -0.25) is 4.99 Å². The van der Waals surface area contributed by atoms with Crippen LogP contribution in [-0.4, -0.2) is 59.1 Å². The Morgan fingerprint density at radius 1 is 1.07 bits per heavy atom.